The van der Waals surface area contributed by atoms with Gasteiger partial charge in [0.2, 0.25) is 5.91 Å². The third-order valence-corrected chi connectivity index (χ3v) is 5.56. The van der Waals surface area contributed by atoms with E-state index in [2.05, 4.69) is 29.4 Å². The van der Waals surface area contributed by atoms with Crippen LogP contribution < -0.4 is 5.32 Å². The fourth-order valence-corrected chi connectivity index (χ4v) is 4.01. The molecule has 0 bridgehead atoms. The van der Waals surface area contributed by atoms with Gasteiger partial charge in [-0.25, -0.2) is 4.39 Å². The van der Waals surface area contributed by atoms with Gasteiger partial charge in [0.05, 0.1) is 0 Å². The molecule has 0 saturated heterocycles. The first-order valence-electron chi connectivity index (χ1n) is 10.3. The molecule has 0 radical (unpaired) electrons. The highest BCUT2D eigenvalue weighted by molar-refractivity contribution is 5.88. The largest absolute Gasteiger partial charge is 0.361 e. The van der Waals surface area contributed by atoms with Crippen LogP contribution in [0.5, 0.6) is 0 Å². The Balaban J connectivity index is 1.65. The second-order valence-corrected chi connectivity index (χ2v) is 7.51. The number of rotatable bonds is 7. The number of amides is 1. The zero-order chi connectivity index (χ0) is 20.9. The lowest BCUT2D eigenvalue weighted by molar-refractivity contribution is -0.121. The monoisotopic (exact) mass is 400 g/mol. The Morgan fingerprint density at radius 2 is 1.83 bits per heavy atom. The van der Waals surface area contributed by atoms with Gasteiger partial charge in [0, 0.05) is 36.0 Å². The number of carbonyl (C=O) groups is 1. The smallest absolute Gasteiger partial charge is 0.221 e. The van der Waals surface area contributed by atoms with Crippen LogP contribution >= 0.6 is 0 Å². The summed E-state index contributed by atoms with van der Waals surface area (Å²) < 4.78 is 14.0. The second-order valence-electron chi connectivity index (χ2n) is 7.51. The van der Waals surface area contributed by atoms with Crippen molar-refractivity contribution in [2.75, 3.05) is 0 Å². The first-order chi connectivity index (χ1) is 14.7. The van der Waals surface area contributed by atoms with Crippen molar-refractivity contribution in [2.24, 2.45) is 0 Å². The number of aryl methyl sites for hydroxylation is 1. The molecule has 0 saturated carbocycles. The number of nitrogens with one attached hydrogen (secondary N) is 2. The fraction of sp³-hybridized carbons (Fsp3) is 0.192. The molecule has 1 atom stereocenters. The Kier molecular flexibility index (Phi) is 5.94. The van der Waals surface area contributed by atoms with Crippen molar-refractivity contribution in [1.82, 2.24) is 10.3 Å². The normalized spacial score (nSPS) is 12.1. The van der Waals surface area contributed by atoms with Gasteiger partial charge in [-0.1, -0.05) is 67.6 Å². The van der Waals surface area contributed by atoms with Crippen LogP contribution in [0.4, 0.5) is 4.39 Å². The van der Waals surface area contributed by atoms with E-state index < -0.39 is 0 Å². The van der Waals surface area contributed by atoms with Crippen LogP contribution in [0, 0.1) is 5.82 Å². The molecule has 30 heavy (non-hydrogen) atoms. The molecule has 2 N–H and O–H groups in total. The summed E-state index contributed by atoms with van der Waals surface area (Å²) in [5.41, 5.74) is 5.17. The van der Waals surface area contributed by atoms with Crippen LogP contribution in [-0.4, -0.2) is 10.9 Å². The average molecular weight is 400 g/mol. The van der Waals surface area contributed by atoms with Gasteiger partial charge in [-0.3, -0.25) is 4.79 Å². The van der Waals surface area contributed by atoms with Gasteiger partial charge in [-0.15, -0.1) is 0 Å². The van der Waals surface area contributed by atoms with E-state index in [1.807, 2.05) is 48.7 Å². The van der Waals surface area contributed by atoms with Gasteiger partial charge in [0.15, 0.2) is 0 Å². The average Bonchev–Trinajstić information content (AvgIpc) is 3.21. The van der Waals surface area contributed by atoms with Crippen molar-refractivity contribution >= 4 is 16.8 Å². The van der Waals surface area contributed by atoms with Crippen LogP contribution in [0.3, 0.4) is 0 Å². The summed E-state index contributed by atoms with van der Waals surface area (Å²) in [4.78, 5) is 16.2. The summed E-state index contributed by atoms with van der Waals surface area (Å²) in [6.45, 7) is 2.60. The van der Waals surface area contributed by atoms with Gasteiger partial charge in [-0.05, 0) is 40.8 Å². The molecule has 0 aliphatic carbocycles. The Bertz CT molecular complexity index is 1150. The minimum absolute atomic E-state index is 0.0610. The summed E-state index contributed by atoms with van der Waals surface area (Å²) in [7, 11) is 0. The van der Waals surface area contributed by atoms with Crippen molar-refractivity contribution in [3.8, 4) is 0 Å². The van der Waals surface area contributed by atoms with Crippen molar-refractivity contribution in [1.29, 1.82) is 0 Å². The molecule has 4 heteroatoms. The molecular formula is C26H25FN2O. The molecule has 3 nitrogen and oxygen atoms in total. The number of fused-ring (bicyclic) bond motifs is 1. The van der Waals surface area contributed by atoms with Crippen molar-refractivity contribution in [2.45, 2.75) is 32.2 Å². The first-order valence-corrected chi connectivity index (χ1v) is 10.3. The van der Waals surface area contributed by atoms with E-state index in [-0.39, 0.29) is 24.1 Å². The van der Waals surface area contributed by atoms with Crippen LogP contribution in [-0.2, 0) is 17.8 Å². The number of hydrogen-bond donors (Lipinski definition) is 2. The number of hydrogen-bond acceptors (Lipinski definition) is 1. The zero-order valence-corrected chi connectivity index (χ0v) is 17.0. The minimum atomic E-state index is -0.295. The number of carbonyl (C=O) groups excluding carboxylic acids is 1. The highest BCUT2D eigenvalue weighted by atomic mass is 19.1. The van der Waals surface area contributed by atoms with E-state index in [0.717, 1.165) is 34.0 Å². The number of halogens is 1. The molecule has 0 spiro atoms. The van der Waals surface area contributed by atoms with Gasteiger partial charge < -0.3 is 10.3 Å². The second kappa shape index (κ2) is 8.95. The van der Waals surface area contributed by atoms with E-state index in [9.17, 15) is 9.18 Å². The molecule has 0 aliphatic heterocycles. The molecule has 0 unspecified atom stereocenters. The van der Waals surface area contributed by atoms with E-state index in [4.69, 9.17) is 0 Å². The highest BCUT2D eigenvalue weighted by Crippen LogP contribution is 2.34. The number of aromatic nitrogens is 1. The number of aromatic amines is 1. The maximum absolute atomic E-state index is 14.0. The van der Waals surface area contributed by atoms with Crippen molar-refractivity contribution < 1.29 is 9.18 Å². The highest BCUT2D eigenvalue weighted by Gasteiger charge is 2.22. The fourth-order valence-electron chi connectivity index (χ4n) is 4.01. The standard InChI is InChI=1S/C26H25FN2O/c1-2-19-10-7-13-22-24(17-29-26(19)22)23(20-11-6-12-21(27)14-20)15-25(30)28-16-18-8-4-3-5-9-18/h3-14,17,23,29H,2,15-16H2,1H3,(H,28,30)/t23-/m0/s1. The van der Waals surface area contributed by atoms with Gasteiger partial charge in [-0.2, -0.15) is 0 Å². The Morgan fingerprint density at radius 1 is 1.03 bits per heavy atom. The maximum Gasteiger partial charge on any atom is 0.221 e. The Hall–Kier alpha value is -3.40. The summed E-state index contributed by atoms with van der Waals surface area (Å²) in [6.07, 6.45) is 3.13. The van der Waals surface area contributed by atoms with E-state index >= 15 is 0 Å². The molecule has 1 heterocycles. The Morgan fingerprint density at radius 3 is 2.60 bits per heavy atom. The first kappa shape index (κ1) is 19.9. The molecule has 0 aliphatic rings. The quantitative estimate of drug-likeness (QED) is 0.410. The predicted molar refractivity (Wildman–Crippen MR) is 119 cm³/mol. The summed E-state index contributed by atoms with van der Waals surface area (Å²) in [6, 6.07) is 22.6. The van der Waals surface area contributed by atoms with Crippen molar-refractivity contribution in [3.05, 3.63) is 107 Å². The molecule has 152 valence electrons. The van der Waals surface area contributed by atoms with E-state index in [1.165, 1.54) is 17.7 Å². The van der Waals surface area contributed by atoms with Gasteiger partial charge in [0.25, 0.3) is 0 Å². The van der Waals surface area contributed by atoms with Crippen LogP contribution in [0.1, 0.15) is 41.5 Å². The van der Waals surface area contributed by atoms with Crippen LogP contribution in [0.2, 0.25) is 0 Å². The molecule has 4 aromatic rings. The number of H-pyrrole nitrogens is 1. The topological polar surface area (TPSA) is 44.9 Å². The minimum Gasteiger partial charge on any atom is -0.361 e. The predicted octanol–water partition coefficient (Wildman–Crippen LogP) is 5.71. The molecule has 1 amide bonds. The summed E-state index contributed by atoms with van der Waals surface area (Å²) >= 11 is 0. The number of benzene rings is 3. The molecule has 0 fully saturated rings. The number of para-hydroxylation sites is 1. The van der Waals surface area contributed by atoms with Crippen LogP contribution in [0.25, 0.3) is 10.9 Å². The van der Waals surface area contributed by atoms with E-state index in [0.29, 0.717) is 6.54 Å². The maximum atomic E-state index is 14.0. The molecule has 1 aromatic heterocycles. The molecule has 4 rings (SSSR count). The Labute approximate surface area is 176 Å². The summed E-state index contributed by atoms with van der Waals surface area (Å²) in [5, 5.41) is 4.09. The van der Waals surface area contributed by atoms with Crippen molar-refractivity contribution in [3.63, 3.8) is 0 Å². The lowest BCUT2D eigenvalue weighted by Gasteiger charge is -2.17. The van der Waals surface area contributed by atoms with Gasteiger partial charge >= 0.3 is 0 Å². The third-order valence-electron chi connectivity index (χ3n) is 5.56. The van der Waals surface area contributed by atoms with Gasteiger partial charge in [0.1, 0.15) is 5.82 Å². The SMILES string of the molecule is CCc1cccc2c([C@@H](CC(=O)NCc3ccccc3)c3cccc(F)c3)c[nH]c12. The van der Waals surface area contributed by atoms with Crippen LogP contribution in [0.15, 0.2) is 79.0 Å². The lowest BCUT2D eigenvalue weighted by Crippen LogP contribution is -2.25. The lowest BCUT2D eigenvalue weighted by atomic mass is 9.87. The summed E-state index contributed by atoms with van der Waals surface area (Å²) in [5.74, 6) is -0.595. The van der Waals surface area contributed by atoms with E-state index in [1.54, 1.807) is 6.07 Å². The molecular weight excluding hydrogens is 375 g/mol. The zero-order valence-electron chi connectivity index (χ0n) is 17.0. The third kappa shape index (κ3) is 4.28. The molecule has 3 aromatic carbocycles.